The number of ether oxygens (including phenoxy) is 1. The number of anilines is 1. The molecule has 2 amide bonds. The van der Waals surface area contributed by atoms with Gasteiger partial charge in [0.15, 0.2) is 15.0 Å². The number of hydrogen-bond acceptors (Lipinski definition) is 6. The molecule has 3 atom stereocenters. The van der Waals surface area contributed by atoms with Gasteiger partial charge < -0.3 is 15.0 Å². The van der Waals surface area contributed by atoms with Crippen LogP contribution in [0.25, 0.3) is 0 Å². The van der Waals surface area contributed by atoms with E-state index in [0.717, 1.165) is 16.8 Å². The molecule has 0 aromatic heterocycles. The molecular formula is C26H31N3O5S2. The predicted molar refractivity (Wildman–Crippen MR) is 143 cm³/mol. The second-order valence-corrected chi connectivity index (χ2v) is 13.5. The van der Waals surface area contributed by atoms with Crippen LogP contribution in [-0.2, 0) is 25.8 Å². The van der Waals surface area contributed by atoms with Crippen molar-refractivity contribution in [3.63, 3.8) is 0 Å². The van der Waals surface area contributed by atoms with Crippen LogP contribution in [0, 0.1) is 6.92 Å². The van der Waals surface area contributed by atoms with Crippen LogP contribution < -0.4 is 10.2 Å². The Balaban J connectivity index is 1.64. The molecule has 2 heterocycles. The van der Waals surface area contributed by atoms with Crippen molar-refractivity contribution in [2.75, 3.05) is 16.4 Å². The molecule has 0 aliphatic carbocycles. The normalized spacial score (nSPS) is 22.8. The molecule has 0 radical (unpaired) electrons. The number of alkyl carbamates (subject to hydrolysis) is 1. The van der Waals surface area contributed by atoms with E-state index in [2.05, 4.69) is 10.3 Å². The maximum atomic E-state index is 13.5. The first kappa shape index (κ1) is 26.2. The van der Waals surface area contributed by atoms with Gasteiger partial charge in [0, 0.05) is 17.4 Å². The number of carbonyl (C=O) groups is 2. The van der Waals surface area contributed by atoms with Gasteiger partial charge in [-0.15, -0.1) is 0 Å². The minimum atomic E-state index is -3.17. The minimum Gasteiger partial charge on any atom is -0.444 e. The first-order valence-electron chi connectivity index (χ1n) is 11.8. The van der Waals surface area contributed by atoms with Crippen molar-refractivity contribution in [2.24, 2.45) is 4.99 Å². The van der Waals surface area contributed by atoms with Gasteiger partial charge in [0.05, 0.1) is 17.5 Å². The zero-order chi connectivity index (χ0) is 26.1. The Labute approximate surface area is 216 Å². The molecule has 192 valence electrons. The third kappa shape index (κ3) is 6.47. The van der Waals surface area contributed by atoms with E-state index in [1.807, 2.05) is 66.4 Å². The van der Waals surface area contributed by atoms with Crippen molar-refractivity contribution in [3.8, 4) is 0 Å². The minimum absolute atomic E-state index is 0.00928. The van der Waals surface area contributed by atoms with Crippen molar-refractivity contribution >= 4 is 44.5 Å². The van der Waals surface area contributed by atoms with Gasteiger partial charge in [-0.3, -0.25) is 4.79 Å². The summed E-state index contributed by atoms with van der Waals surface area (Å²) in [6.07, 6.45) is -0.457. The average Bonchev–Trinajstić information content (AvgIpc) is 3.24. The molecule has 4 rings (SSSR count). The molecule has 1 N–H and O–H groups in total. The predicted octanol–water partition coefficient (Wildman–Crippen LogP) is 3.73. The zero-order valence-corrected chi connectivity index (χ0v) is 22.4. The van der Waals surface area contributed by atoms with Crippen molar-refractivity contribution in [3.05, 3.63) is 65.7 Å². The third-order valence-corrected chi connectivity index (χ3v) is 9.07. The van der Waals surface area contributed by atoms with Crippen LogP contribution in [-0.4, -0.2) is 60.0 Å². The number of benzene rings is 2. The number of aryl methyl sites for hydroxylation is 1. The Morgan fingerprint density at radius 1 is 1.11 bits per heavy atom. The standard InChI is InChI=1S/C26H31N3O5S2/c1-17-10-12-19(13-11-17)29-21-15-36(32,33)16-22(21)35-24(29)28-23(30)20(14-18-8-6-5-7-9-18)27-25(31)34-26(2,3)4/h5-13,20-22H,14-16H2,1-4H3,(H,27,31)/t20-,21-,22+/m1/s1. The van der Waals surface area contributed by atoms with Crippen molar-refractivity contribution < 1.29 is 22.7 Å². The summed E-state index contributed by atoms with van der Waals surface area (Å²) < 4.78 is 30.1. The molecule has 0 spiro atoms. The van der Waals surface area contributed by atoms with Crippen LogP contribution in [0.4, 0.5) is 10.5 Å². The summed E-state index contributed by atoms with van der Waals surface area (Å²) in [5, 5.41) is 2.91. The molecule has 0 unspecified atom stereocenters. The van der Waals surface area contributed by atoms with Gasteiger partial charge in [0.1, 0.15) is 11.6 Å². The van der Waals surface area contributed by atoms with Crippen molar-refractivity contribution in [1.29, 1.82) is 0 Å². The summed E-state index contributed by atoms with van der Waals surface area (Å²) in [6.45, 7) is 7.23. The number of sulfone groups is 1. The second-order valence-electron chi connectivity index (χ2n) is 10.1. The van der Waals surface area contributed by atoms with E-state index in [1.165, 1.54) is 11.8 Å². The molecule has 0 saturated carbocycles. The van der Waals surface area contributed by atoms with Crippen molar-refractivity contribution in [1.82, 2.24) is 5.32 Å². The average molecular weight is 530 g/mol. The highest BCUT2D eigenvalue weighted by atomic mass is 32.2. The lowest BCUT2D eigenvalue weighted by Gasteiger charge is -2.25. The summed E-state index contributed by atoms with van der Waals surface area (Å²) in [6, 6.07) is 15.8. The number of rotatable bonds is 5. The van der Waals surface area contributed by atoms with E-state index >= 15 is 0 Å². The summed E-state index contributed by atoms with van der Waals surface area (Å²) >= 11 is 1.30. The molecular weight excluding hydrogens is 498 g/mol. The summed E-state index contributed by atoms with van der Waals surface area (Å²) in [4.78, 5) is 32.3. The quantitative estimate of drug-likeness (QED) is 0.629. The van der Waals surface area contributed by atoms with Crippen LogP contribution >= 0.6 is 11.8 Å². The number of hydrogen-bond donors (Lipinski definition) is 1. The van der Waals surface area contributed by atoms with Crippen LogP contribution in [0.5, 0.6) is 0 Å². The van der Waals surface area contributed by atoms with E-state index in [-0.39, 0.29) is 29.2 Å². The zero-order valence-electron chi connectivity index (χ0n) is 20.8. The fourth-order valence-corrected chi connectivity index (χ4v) is 8.16. The first-order valence-corrected chi connectivity index (χ1v) is 14.5. The molecule has 36 heavy (non-hydrogen) atoms. The Kier molecular flexibility index (Phi) is 7.47. The molecule has 2 saturated heterocycles. The molecule has 10 heteroatoms. The van der Waals surface area contributed by atoms with Crippen LogP contribution in [0.2, 0.25) is 0 Å². The van der Waals surface area contributed by atoms with Gasteiger partial charge in [-0.1, -0.05) is 59.8 Å². The largest absolute Gasteiger partial charge is 0.444 e. The van der Waals surface area contributed by atoms with Crippen molar-refractivity contribution in [2.45, 2.75) is 57.1 Å². The number of aliphatic imine (C=N–C) groups is 1. The molecule has 0 bridgehead atoms. The highest BCUT2D eigenvalue weighted by Gasteiger charge is 2.49. The van der Waals surface area contributed by atoms with Crippen LogP contribution in [0.15, 0.2) is 59.6 Å². The first-order chi connectivity index (χ1) is 16.9. The highest BCUT2D eigenvalue weighted by Crippen LogP contribution is 2.41. The summed E-state index contributed by atoms with van der Waals surface area (Å²) in [7, 11) is -3.17. The van der Waals surface area contributed by atoms with E-state index in [4.69, 9.17) is 4.74 Å². The van der Waals surface area contributed by atoms with Crippen LogP contribution in [0.3, 0.4) is 0 Å². The monoisotopic (exact) mass is 529 g/mol. The smallest absolute Gasteiger partial charge is 0.408 e. The van der Waals surface area contributed by atoms with Gasteiger partial charge in [-0.05, 0) is 45.4 Å². The van der Waals surface area contributed by atoms with Gasteiger partial charge in [0.25, 0.3) is 5.91 Å². The van der Waals surface area contributed by atoms with Gasteiger partial charge in [0.2, 0.25) is 0 Å². The number of nitrogens with one attached hydrogen (secondary N) is 1. The second kappa shape index (κ2) is 10.3. The third-order valence-electron chi connectivity index (χ3n) is 5.86. The van der Waals surface area contributed by atoms with E-state index < -0.39 is 33.5 Å². The van der Waals surface area contributed by atoms with Gasteiger partial charge in [-0.25, -0.2) is 13.2 Å². The molecule has 2 aliphatic rings. The summed E-state index contributed by atoms with van der Waals surface area (Å²) in [5.74, 6) is -0.469. The molecule has 2 aromatic rings. The molecule has 8 nitrogen and oxygen atoms in total. The fourth-order valence-electron chi connectivity index (χ4n) is 4.24. The molecule has 2 aromatic carbocycles. The van der Waals surface area contributed by atoms with Crippen LogP contribution in [0.1, 0.15) is 31.9 Å². The lowest BCUT2D eigenvalue weighted by atomic mass is 10.1. The Hall–Kier alpha value is -2.85. The number of fused-ring (bicyclic) bond motifs is 1. The Morgan fingerprint density at radius 2 is 1.78 bits per heavy atom. The van der Waals surface area contributed by atoms with Gasteiger partial charge in [-0.2, -0.15) is 4.99 Å². The fraction of sp³-hybridized carbons (Fsp3) is 0.423. The molecule has 2 fully saturated rings. The molecule has 2 aliphatic heterocycles. The Bertz CT molecular complexity index is 1250. The number of amides is 2. The highest BCUT2D eigenvalue weighted by molar-refractivity contribution is 8.16. The number of carbonyl (C=O) groups excluding carboxylic acids is 2. The SMILES string of the molecule is Cc1ccc(N2C(=NC(=O)[C@@H](Cc3ccccc3)NC(=O)OC(C)(C)C)S[C@H]3CS(=O)(=O)C[C@H]32)cc1. The lowest BCUT2D eigenvalue weighted by Crippen LogP contribution is -2.45. The summed E-state index contributed by atoms with van der Waals surface area (Å²) in [5.41, 5.74) is 2.00. The number of nitrogens with zero attached hydrogens (tertiary/aromatic N) is 2. The van der Waals surface area contributed by atoms with Gasteiger partial charge >= 0.3 is 6.09 Å². The number of amidine groups is 1. The van der Waals surface area contributed by atoms with E-state index in [1.54, 1.807) is 20.8 Å². The van der Waals surface area contributed by atoms with E-state index in [0.29, 0.717) is 5.17 Å². The lowest BCUT2D eigenvalue weighted by molar-refractivity contribution is -0.119. The van der Waals surface area contributed by atoms with E-state index in [9.17, 15) is 18.0 Å². The maximum absolute atomic E-state index is 13.5. The number of thioether (sulfide) groups is 1. The maximum Gasteiger partial charge on any atom is 0.408 e. The Morgan fingerprint density at radius 3 is 2.42 bits per heavy atom. The topological polar surface area (TPSA) is 105 Å².